The molecule has 1 aromatic carbocycles. The number of fused-ring (bicyclic) bond motifs is 1. The third-order valence-corrected chi connectivity index (χ3v) is 11.2. The summed E-state index contributed by atoms with van der Waals surface area (Å²) in [5, 5.41) is 1.11. The highest BCUT2D eigenvalue weighted by molar-refractivity contribution is 7.91. The lowest BCUT2D eigenvalue weighted by Crippen LogP contribution is -2.46. The highest BCUT2D eigenvalue weighted by atomic mass is 35.5. The van der Waals surface area contributed by atoms with Gasteiger partial charge in [0, 0.05) is 25.5 Å². The van der Waals surface area contributed by atoms with Gasteiger partial charge in [-0.25, -0.2) is 13.4 Å². The summed E-state index contributed by atoms with van der Waals surface area (Å²) in [5.41, 5.74) is 2.57. The number of thiazole rings is 1. The van der Waals surface area contributed by atoms with Crippen LogP contribution in [0.1, 0.15) is 24.0 Å². The normalized spacial score (nSPS) is 16.9. The third kappa shape index (κ3) is 5.03. The number of rotatable bonds is 6. The second-order valence-electron chi connectivity index (χ2n) is 8.58. The number of benzene rings is 1. The minimum Gasteiger partial charge on any atom is -0.283 e. The van der Waals surface area contributed by atoms with Crippen LogP contribution < -0.4 is 4.90 Å². The summed E-state index contributed by atoms with van der Waals surface area (Å²) in [6, 6.07) is 10.5. The van der Waals surface area contributed by atoms with E-state index in [-0.39, 0.29) is 23.2 Å². The van der Waals surface area contributed by atoms with Crippen LogP contribution in [0.25, 0.3) is 10.2 Å². The molecule has 0 radical (unpaired) electrons. The van der Waals surface area contributed by atoms with Gasteiger partial charge in [0.05, 0.1) is 32.0 Å². The molecule has 0 aliphatic carbocycles. The van der Waals surface area contributed by atoms with E-state index in [1.54, 1.807) is 23.4 Å². The number of carbonyl (C=O) groups is 1. The van der Waals surface area contributed by atoms with Crippen molar-refractivity contribution in [2.75, 3.05) is 18.0 Å². The van der Waals surface area contributed by atoms with Gasteiger partial charge in [-0.1, -0.05) is 46.7 Å². The Kier molecular flexibility index (Phi) is 7.35. The van der Waals surface area contributed by atoms with Crippen LogP contribution in [0.4, 0.5) is 5.13 Å². The van der Waals surface area contributed by atoms with Gasteiger partial charge in [-0.2, -0.15) is 4.31 Å². The van der Waals surface area contributed by atoms with Crippen LogP contribution >= 0.6 is 45.9 Å². The Morgan fingerprint density at radius 1 is 1.19 bits per heavy atom. The molecule has 4 heterocycles. The molecule has 1 saturated heterocycles. The lowest BCUT2D eigenvalue weighted by Gasteiger charge is -2.33. The van der Waals surface area contributed by atoms with Crippen LogP contribution in [0.3, 0.4) is 0 Å². The molecule has 3 aromatic heterocycles. The first kappa shape index (κ1) is 25.6. The SMILES string of the molecule is Cc1ccc(Cl)c2sc(N(Cc3cccnc3)C(=O)C3CCCN(S(=O)(=O)c4ccc(Cl)s4)C3)nc12. The van der Waals surface area contributed by atoms with Crippen molar-refractivity contribution in [1.29, 1.82) is 0 Å². The average Bonchev–Trinajstić information content (AvgIpc) is 3.53. The summed E-state index contributed by atoms with van der Waals surface area (Å²) in [7, 11) is -3.73. The first-order valence-electron chi connectivity index (χ1n) is 11.3. The van der Waals surface area contributed by atoms with E-state index < -0.39 is 15.9 Å². The van der Waals surface area contributed by atoms with Crippen LogP contribution in [0.15, 0.2) is 53.0 Å². The van der Waals surface area contributed by atoms with Gasteiger partial charge < -0.3 is 0 Å². The largest absolute Gasteiger partial charge is 0.283 e. The van der Waals surface area contributed by atoms with Crippen molar-refractivity contribution in [3.63, 3.8) is 0 Å². The first-order chi connectivity index (χ1) is 17.2. The molecular formula is C24H22Cl2N4O3S3. The number of piperidine rings is 1. The van der Waals surface area contributed by atoms with Crippen LogP contribution in [0, 0.1) is 12.8 Å². The van der Waals surface area contributed by atoms with E-state index in [9.17, 15) is 13.2 Å². The minimum atomic E-state index is -3.73. The van der Waals surface area contributed by atoms with Gasteiger partial charge in [0.1, 0.15) is 4.21 Å². The number of thiophene rings is 1. The number of carbonyl (C=O) groups excluding carboxylic acids is 1. The quantitative estimate of drug-likeness (QED) is 0.279. The topological polar surface area (TPSA) is 83.5 Å². The number of aromatic nitrogens is 2. The van der Waals surface area contributed by atoms with Gasteiger partial charge in [0.2, 0.25) is 5.91 Å². The Bertz CT molecular complexity index is 1480. The van der Waals surface area contributed by atoms with Gasteiger partial charge in [-0.3, -0.25) is 14.7 Å². The van der Waals surface area contributed by atoms with E-state index in [0.717, 1.165) is 32.7 Å². The molecule has 7 nitrogen and oxygen atoms in total. The maximum atomic E-state index is 14.0. The third-order valence-electron chi connectivity index (χ3n) is 6.12. The minimum absolute atomic E-state index is 0.102. The number of anilines is 1. The zero-order valence-electron chi connectivity index (χ0n) is 19.2. The Labute approximate surface area is 227 Å². The summed E-state index contributed by atoms with van der Waals surface area (Å²) >= 11 is 14.8. The van der Waals surface area contributed by atoms with Crippen LogP contribution in [0.2, 0.25) is 9.36 Å². The van der Waals surface area contributed by atoms with Crippen LogP contribution in [-0.2, 0) is 21.4 Å². The number of halogens is 2. The zero-order valence-corrected chi connectivity index (χ0v) is 23.2. The molecular weight excluding hydrogens is 559 g/mol. The number of pyridine rings is 1. The fourth-order valence-corrected chi connectivity index (χ4v) is 8.75. The average molecular weight is 582 g/mol. The van der Waals surface area contributed by atoms with Crippen molar-refractivity contribution in [3.8, 4) is 0 Å². The monoisotopic (exact) mass is 580 g/mol. The summed E-state index contributed by atoms with van der Waals surface area (Å²) in [6.45, 7) is 2.69. The molecule has 5 rings (SSSR count). The van der Waals surface area contributed by atoms with E-state index >= 15 is 0 Å². The highest BCUT2D eigenvalue weighted by Gasteiger charge is 2.37. The Morgan fingerprint density at radius 3 is 2.72 bits per heavy atom. The Balaban J connectivity index is 1.48. The van der Waals surface area contributed by atoms with E-state index in [2.05, 4.69) is 4.98 Å². The molecule has 1 amide bonds. The highest BCUT2D eigenvalue weighted by Crippen LogP contribution is 2.38. The zero-order chi connectivity index (χ0) is 25.4. The number of sulfonamides is 1. The molecule has 1 unspecified atom stereocenters. The molecule has 1 aliphatic rings. The van der Waals surface area contributed by atoms with Crippen molar-refractivity contribution in [1.82, 2.24) is 14.3 Å². The van der Waals surface area contributed by atoms with Crippen molar-refractivity contribution in [2.24, 2.45) is 5.92 Å². The van der Waals surface area contributed by atoms with E-state index in [0.29, 0.717) is 33.9 Å². The second kappa shape index (κ2) is 10.4. The number of aryl methyl sites for hydroxylation is 1. The molecule has 1 atom stereocenters. The van der Waals surface area contributed by atoms with Gasteiger partial charge in [0.15, 0.2) is 5.13 Å². The van der Waals surface area contributed by atoms with Gasteiger partial charge in [-0.05, 0) is 55.2 Å². The predicted molar refractivity (Wildman–Crippen MR) is 146 cm³/mol. The van der Waals surface area contributed by atoms with Crippen molar-refractivity contribution in [2.45, 2.75) is 30.5 Å². The van der Waals surface area contributed by atoms with Crippen molar-refractivity contribution in [3.05, 3.63) is 69.3 Å². The standard InChI is InChI=1S/C24H22Cl2N4O3S3/c1-15-6-7-18(25)22-21(15)28-24(35-22)30(13-16-4-2-10-27-12-16)23(31)17-5-3-11-29(14-17)36(32,33)20-9-8-19(26)34-20/h2,4,6-10,12,17H,3,5,11,13-14H2,1H3. The molecule has 1 aliphatic heterocycles. The summed E-state index contributed by atoms with van der Waals surface area (Å²) in [4.78, 5) is 24.6. The number of amides is 1. The number of nitrogens with zero attached hydrogens (tertiary/aromatic N) is 4. The lowest BCUT2D eigenvalue weighted by molar-refractivity contribution is -0.123. The fourth-order valence-electron chi connectivity index (χ4n) is 4.27. The van der Waals surface area contributed by atoms with E-state index in [1.165, 1.54) is 21.7 Å². The second-order valence-corrected chi connectivity index (χ2v) is 13.8. The van der Waals surface area contributed by atoms with Gasteiger partial charge >= 0.3 is 0 Å². The molecule has 36 heavy (non-hydrogen) atoms. The molecule has 0 N–H and O–H groups in total. The number of hydrogen-bond acceptors (Lipinski definition) is 7. The summed E-state index contributed by atoms with van der Waals surface area (Å²) in [6.07, 6.45) is 4.56. The van der Waals surface area contributed by atoms with Crippen LogP contribution in [0.5, 0.6) is 0 Å². The van der Waals surface area contributed by atoms with Crippen LogP contribution in [-0.4, -0.2) is 41.7 Å². The summed E-state index contributed by atoms with van der Waals surface area (Å²) < 4.78 is 29.2. The van der Waals surface area contributed by atoms with Crippen molar-refractivity contribution < 1.29 is 13.2 Å². The Hall–Kier alpha value is -2.08. The van der Waals surface area contributed by atoms with Gasteiger partial charge in [0.25, 0.3) is 10.0 Å². The molecule has 0 bridgehead atoms. The molecule has 4 aromatic rings. The molecule has 12 heteroatoms. The first-order valence-corrected chi connectivity index (χ1v) is 15.1. The molecule has 0 saturated carbocycles. The smallest absolute Gasteiger partial charge is 0.252 e. The lowest BCUT2D eigenvalue weighted by atomic mass is 9.98. The predicted octanol–water partition coefficient (Wildman–Crippen LogP) is 6.00. The van der Waals surface area contributed by atoms with E-state index in [1.807, 2.05) is 31.2 Å². The maximum Gasteiger partial charge on any atom is 0.252 e. The molecule has 1 fully saturated rings. The van der Waals surface area contributed by atoms with E-state index in [4.69, 9.17) is 28.2 Å². The molecule has 188 valence electrons. The van der Waals surface area contributed by atoms with Gasteiger partial charge in [-0.15, -0.1) is 11.3 Å². The Morgan fingerprint density at radius 2 is 2.03 bits per heavy atom. The fraction of sp³-hybridized carbons (Fsp3) is 0.292. The summed E-state index contributed by atoms with van der Waals surface area (Å²) in [5.74, 6) is -0.681. The van der Waals surface area contributed by atoms with Crippen molar-refractivity contribution >= 4 is 77.2 Å². The molecule has 0 spiro atoms. The maximum absolute atomic E-state index is 14.0. The number of hydrogen-bond donors (Lipinski definition) is 0.